The van der Waals surface area contributed by atoms with Gasteiger partial charge in [-0.25, -0.2) is 8.42 Å². The first-order valence-electron chi connectivity index (χ1n) is 11.0. The molecule has 0 radical (unpaired) electrons. The second-order valence-corrected chi connectivity index (χ2v) is 11.2. The lowest BCUT2D eigenvalue weighted by Crippen LogP contribution is -2.27. The number of anilines is 1. The van der Waals surface area contributed by atoms with Gasteiger partial charge in [0, 0.05) is 5.56 Å². The van der Waals surface area contributed by atoms with Crippen molar-refractivity contribution in [3.8, 4) is 0 Å². The van der Waals surface area contributed by atoms with E-state index < -0.39 is 10.0 Å². The zero-order valence-corrected chi connectivity index (χ0v) is 20.9. The van der Waals surface area contributed by atoms with E-state index in [1.54, 1.807) is 49.4 Å². The van der Waals surface area contributed by atoms with E-state index in [1.165, 1.54) is 5.56 Å². The number of carbonyl (C=O) groups excluding carboxylic acids is 1. The van der Waals surface area contributed by atoms with E-state index in [0.29, 0.717) is 16.8 Å². The van der Waals surface area contributed by atoms with Gasteiger partial charge in [0.2, 0.25) is 0 Å². The first kappa shape index (κ1) is 24.5. The quantitative estimate of drug-likeness (QED) is 0.477. The van der Waals surface area contributed by atoms with Crippen molar-refractivity contribution in [2.24, 2.45) is 0 Å². The number of benzene rings is 3. The molecule has 1 atom stereocenters. The molecule has 0 saturated heterocycles. The molecule has 174 valence electrons. The van der Waals surface area contributed by atoms with Crippen LogP contribution in [0.4, 0.5) is 5.69 Å². The third-order valence-electron chi connectivity index (χ3n) is 5.69. The predicted octanol–water partition coefficient (Wildman–Crippen LogP) is 5.89. The van der Waals surface area contributed by atoms with Crippen LogP contribution in [0.25, 0.3) is 0 Å². The number of hydrogen-bond acceptors (Lipinski definition) is 3. The summed E-state index contributed by atoms with van der Waals surface area (Å²) in [5.41, 5.74) is 4.91. The lowest BCUT2D eigenvalue weighted by molar-refractivity contribution is 0.0940. The number of sulfonamides is 1. The minimum atomic E-state index is -3.71. The molecule has 0 bridgehead atoms. The van der Waals surface area contributed by atoms with E-state index in [9.17, 15) is 13.2 Å². The summed E-state index contributed by atoms with van der Waals surface area (Å²) >= 11 is 0. The lowest BCUT2D eigenvalue weighted by Gasteiger charge is -2.21. The van der Waals surface area contributed by atoms with Crippen LogP contribution in [-0.2, 0) is 15.4 Å². The Hall–Kier alpha value is -3.12. The molecular formula is C27H32N2O3S. The Balaban J connectivity index is 1.71. The number of nitrogens with one attached hydrogen (secondary N) is 2. The summed E-state index contributed by atoms with van der Waals surface area (Å²) < 4.78 is 28.0. The third kappa shape index (κ3) is 6.02. The Morgan fingerprint density at radius 3 is 2.03 bits per heavy atom. The zero-order chi connectivity index (χ0) is 24.4. The normalized spacial score (nSPS) is 12.8. The minimum absolute atomic E-state index is 0.0747. The van der Waals surface area contributed by atoms with E-state index in [1.807, 2.05) is 26.0 Å². The monoisotopic (exact) mass is 464 g/mol. The van der Waals surface area contributed by atoms with Crippen LogP contribution in [0, 0.1) is 13.8 Å². The molecule has 0 spiro atoms. The van der Waals surface area contributed by atoms with Crippen LogP contribution in [0.2, 0.25) is 0 Å². The highest BCUT2D eigenvalue weighted by atomic mass is 32.2. The number of rotatable bonds is 6. The van der Waals surface area contributed by atoms with E-state index in [2.05, 4.69) is 42.9 Å². The predicted molar refractivity (Wildman–Crippen MR) is 134 cm³/mol. The second kappa shape index (κ2) is 9.40. The van der Waals surface area contributed by atoms with Gasteiger partial charge in [0.25, 0.3) is 15.9 Å². The highest BCUT2D eigenvalue weighted by Crippen LogP contribution is 2.25. The zero-order valence-electron chi connectivity index (χ0n) is 20.1. The van der Waals surface area contributed by atoms with Crippen molar-refractivity contribution in [1.82, 2.24) is 5.32 Å². The summed E-state index contributed by atoms with van der Waals surface area (Å²) in [5, 5.41) is 3.02. The molecule has 3 rings (SSSR count). The number of hydrogen-bond donors (Lipinski definition) is 2. The first-order valence-corrected chi connectivity index (χ1v) is 12.5. The third-order valence-corrected chi connectivity index (χ3v) is 7.07. The van der Waals surface area contributed by atoms with Crippen molar-refractivity contribution in [3.63, 3.8) is 0 Å². The highest BCUT2D eigenvalue weighted by molar-refractivity contribution is 7.92. The summed E-state index contributed by atoms with van der Waals surface area (Å²) in [6, 6.07) is 19.7. The van der Waals surface area contributed by atoms with Gasteiger partial charge >= 0.3 is 0 Å². The van der Waals surface area contributed by atoms with Crippen molar-refractivity contribution in [1.29, 1.82) is 0 Å². The molecule has 1 unspecified atom stereocenters. The fourth-order valence-corrected chi connectivity index (χ4v) is 4.61. The van der Waals surface area contributed by atoms with Gasteiger partial charge in [0.1, 0.15) is 0 Å². The van der Waals surface area contributed by atoms with E-state index in [4.69, 9.17) is 0 Å². The van der Waals surface area contributed by atoms with Crippen LogP contribution < -0.4 is 10.0 Å². The molecule has 0 aliphatic heterocycles. The van der Waals surface area contributed by atoms with Gasteiger partial charge in [-0.1, -0.05) is 62.7 Å². The first-order chi connectivity index (χ1) is 15.4. The van der Waals surface area contributed by atoms with Crippen molar-refractivity contribution >= 4 is 21.6 Å². The summed E-state index contributed by atoms with van der Waals surface area (Å²) in [7, 11) is -3.71. The van der Waals surface area contributed by atoms with Crippen molar-refractivity contribution < 1.29 is 13.2 Å². The Kier molecular flexibility index (Phi) is 6.98. The van der Waals surface area contributed by atoms with Gasteiger partial charge in [-0.2, -0.15) is 0 Å². The van der Waals surface area contributed by atoms with Gasteiger partial charge in [-0.3, -0.25) is 9.52 Å². The topological polar surface area (TPSA) is 75.3 Å². The average Bonchev–Trinajstić information content (AvgIpc) is 2.74. The maximum atomic E-state index is 12.8. The summed E-state index contributed by atoms with van der Waals surface area (Å²) in [4.78, 5) is 13.0. The fourth-order valence-electron chi connectivity index (χ4n) is 3.48. The van der Waals surface area contributed by atoms with Gasteiger partial charge in [0.05, 0.1) is 16.6 Å². The molecule has 1 amide bonds. The molecule has 2 N–H and O–H groups in total. The molecular weight excluding hydrogens is 432 g/mol. The standard InChI is InChI=1S/C27H32N2O3S/c1-18-7-14-24(15-8-18)33(31,32)29-25-16-11-22(17-19(25)2)26(30)28-20(3)21-9-12-23(13-10-21)27(4,5)6/h7-17,20,29H,1-6H3,(H,28,30). The Labute approximate surface area is 197 Å². The summed E-state index contributed by atoms with van der Waals surface area (Å²) in [5.74, 6) is -0.210. The number of amides is 1. The van der Waals surface area contributed by atoms with Crippen LogP contribution in [0.1, 0.15) is 66.3 Å². The molecule has 0 aromatic heterocycles. The van der Waals surface area contributed by atoms with Gasteiger partial charge in [-0.15, -0.1) is 0 Å². The molecule has 6 heteroatoms. The largest absolute Gasteiger partial charge is 0.346 e. The average molecular weight is 465 g/mol. The van der Waals surface area contributed by atoms with E-state index in [-0.39, 0.29) is 22.3 Å². The molecule has 3 aromatic rings. The van der Waals surface area contributed by atoms with Crippen LogP contribution in [0.5, 0.6) is 0 Å². The second-order valence-electron chi connectivity index (χ2n) is 9.52. The van der Waals surface area contributed by atoms with E-state index in [0.717, 1.165) is 11.1 Å². The molecule has 5 nitrogen and oxygen atoms in total. The number of carbonyl (C=O) groups is 1. The van der Waals surface area contributed by atoms with Crippen LogP contribution in [0.3, 0.4) is 0 Å². The highest BCUT2D eigenvalue weighted by Gasteiger charge is 2.18. The molecule has 0 saturated carbocycles. The molecule has 0 aliphatic rings. The molecule has 3 aromatic carbocycles. The Morgan fingerprint density at radius 1 is 0.879 bits per heavy atom. The molecule has 0 fully saturated rings. The van der Waals surface area contributed by atoms with Crippen LogP contribution in [0.15, 0.2) is 71.6 Å². The lowest BCUT2D eigenvalue weighted by atomic mass is 9.86. The van der Waals surface area contributed by atoms with E-state index >= 15 is 0 Å². The Morgan fingerprint density at radius 2 is 1.48 bits per heavy atom. The van der Waals surface area contributed by atoms with Gasteiger partial charge in [-0.05, 0) is 73.2 Å². The number of aryl methyl sites for hydroxylation is 2. The molecule has 33 heavy (non-hydrogen) atoms. The SMILES string of the molecule is Cc1ccc(S(=O)(=O)Nc2ccc(C(=O)NC(C)c3ccc(C(C)(C)C)cc3)cc2C)cc1. The minimum Gasteiger partial charge on any atom is -0.346 e. The Bertz CT molecular complexity index is 1240. The van der Waals surface area contributed by atoms with Crippen molar-refractivity contribution in [2.75, 3.05) is 4.72 Å². The van der Waals surface area contributed by atoms with Crippen molar-refractivity contribution in [3.05, 3.63) is 94.5 Å². The maximum absolute atomic E-state index is 12.8. The van der Waals surface area contributed by atoms with Gasteiger partial charge in [0.15, 0.2) is 0 Å². The molecule has 0 heterocycles. The summed E-state index contributed by atoms with van der Waals surface area (Å²) in [6.45, 7) is 12.1. The van der Waals surface area contributed by atoms with Crippen LogP contribution >= 0.6 is 0 Å². The van der Waals surface area contributed by atoms with Gasteiger partial charge < -0.3 is 5.32 Å². The fraction of sp³-hybridized carbons (Fsp3) is 0.296. The summed E-state index contributed by atoms with van der Waals surface area (Å²) in [6.07, 6.45) is 0. The van der Waals surface area contributed by atoms with Crippen molar-refractivity contribution in [2.45, 2.75) is 57.9 Å². The smallest absolute Gasteiger partial charge is 0.261 e. The van der Waals surface area contributed by atoms with Crippen LogP contribution in [-0.4, -0.2) is 14.3 Å². The maximum Gasteiger partial charge on any atom is 0.261 e. The molecule has 0 aliphatic carbocycles.